The molecule has 0 saturated carbocycles. The zero-order valence-corrected chi connectivity index (χ0v) is 23.7. The molecule has 222 valence electrons. The Balaban J connectivity index is 3.07. The first-order chi connectivity index (χ1) is 18.7. The summed E-state index contributed by atoms with van der Waals surface area (Å²) in [5.41, 5.74) is 5.92. The number of rotatable bonds is 16. The van der Waals surface area contributed by atoms with Crippen LogP contribution in [0.1, 0.15) is 46.6 Å². The molecule has 0 aromatic heterocycles. The molecule has 13 heteroatoms. The molecule has 0 aliphatic carbocycles. The number of carbonyl (C=O) groups is 6. The van der Waals surface area contributed by atoms with Gasteiger partial charge in [0, 0.05) is 6.42 Å². The van der Waals surface area contributed by atoms with Crippen molar-refractivity contribution in [1.29, 1.82) is 0 Å². The van der Waals surface area contributed by atoms with Gasteiger partial charge in [0.25, 0.3) is 0 Å². The van der Waals surface area contributed by atoms with Crippen molar-refractivity contribution in [2.75, 3.05) is 13.1 Å². The van der Waals surface area contributed by atoms with E-state index in [1.165, 1.54) is 6.92 Å². The molecular weight excluding hydrogens is 520 g/mol. The van der Waals surface area contributed by atoms with Crippen molar-refractivity contribution in [3.8, 4) is 0 Å². The van der Waals surface area contributed by atoms with E-state index in [4.69, 9.17) is 5.73 Å². The summed E-state index contributed by atoms with van der Waals surface area (Å²) in [7, 11) is 0. The predicted octanol–water partition coefficient (Wildman–Crippen LogP) is -0.950. The number of carboxylic acids is 1. The minimum atomic E-state index is -1.19. The summed E-state index contributed by atoms with van der Waals surface area (Å²) in [6, 6.07) is 4.54. The van der Waals surface area contributed by atoms with E-state index in [9.17, 15) is 33.9 Å². The lowest BCUT2D eigenvalue weighted by Gasteiger charge is -2.27. The maximum atomic E-state index is 13.4. The van der Waals surface area contributed by atoms with Crippen molar-refractivity contribution in [2.24, 2.45) is 17.6 Å². The first kappa shape index (κ1) is 34.0. The maximum absolute atomic E-state index is 13.4. The molecule has 0 bridgehead atoms. The Morgan fingerprint density at radius 2 is 1.35 bits per heavy atom. The van der Waals surface area contributed by atoms with Crippen LogP contribution in [0.2, 0.25) is 0 Å². The smallest absolute Gasteiger partial charge is 0.326 e. The molecule has 1 rings (SSSR count). The minimum Gasteiger partial charge on any atom is -0.480 e. The number of carboxylic acid groups (broad SMARTS) is 1. The highest BCUT2D eigenvalue weighted by molar-refractivity contribution is 5.95. The van der Waals surface area contributed by atoms with Crippen molar-refractivity contribution in [3.63, 3.8) is 0 Å². The summed E-state index contributed by atoms with van der Waals surface area (Å²) in [6.07, 6.45) is 0.320. The second-order valence-electron chi connectivity index (χ2n) is 10.3. The summed E-state index contributed by atoms with van der Waals surface area (Å²) >= 11 is 0. The molecule has 0 fully saturated rings. The Morgan fingerprint density at radius 1 is 0.775 bits per heavy atom. The molecule has 0 radical (unpaired) electrons. The fourth-order valence-electron chi connectivity index (χ4n) is 3.71. The van der Waals surface area contributed by atoms with Crippen molar-refractivity contribution < 1.29 is 33.9 Å². The molecule has 0 saturated heterocycles. The second-order valence-corrected chi connectivity index (χ2v) is 10.3. The Labute approximate surface area is 234 Å². The highest BCUT2D eigenvalue weighted by Crippen LogP contribution is 2.10. The molecule has 0 aliphatic rings. The maximum Gasteiger partial charge on any atom is 0.326 e. The quantitative estimate of drug-likeness (QED) is 0.133. The molecule has 1 aromatic carbocycles. The lowest BCUT2D eigenvalue weighted by molar-refractivity contribution is -0.143. The van der Waals surface area contributed by atoms with E-state index < -0.39 is 59.7 Å². The van der Waals surface area contributed by atoms with Crippen LogP contribution in [-0.4, -0.2) is 77.9 Å². The number of hydrogen-bond donors (Lipinski definition) is 7. The van der Waals surface area contributed by atoms with E-state index >= 15 is 0 Å². The van der Waals surface area contributed by atoms with Crippen molar-refractivity contribution in [1.82, 2.24) is 26.6 Å². The van der Waals surface area contributed by atoms with Gasteiger partial charge in [-0.05, 0) is 30.7 Å². The molecule has 8 N–H and O–H groups in total. The van der Waals surface area contributed by atoms with Gasteiger partial charge in [-0.15, -0.1) is 0 Å². The van der Waals surface area contributed by atoms with E-state index in [1.807, 2.05) is 13.8 Å². The van der Waals surface area contributed by atoms with Gasteiger partial charge in [0.05, 0.1) is 13.1 Å². The molecule has 0 spiro atoms. The number of nitrogens with one attached hydrogen (secondary N) is 5. The molecular formula is C27H42N6O7. The zero-order valence-electron chi connectivity index (χ0n) is 23.7. The van der Waals surface area contributed by atoms with E-state index in [1.54, 1.807) is 44.2 Å². The van der Waals surface area contributed by atoms with Gasteiger partial charge in [-0.1, -0.05) is 58.0 Å². The largest absolute Gasteiger partial charge is 0.480 e. The van der Waals surface area contributed by atoms with Crippen LogP contribution < -0.4 is 32.3 Å². The van der Waals surface area contributed by atoms with Crippen LogP contribution in [-0.2, 0) is 35.2 Å². The van der Waals surface area contributed by atoms with Crippen LogP contribution in [0.25, 0.3) is 0 Å². The van der Waals surface area contributed by atoms with Gasteiger partial charge in [-0.2, -0.15) is 0 Å². The van der Waals surface area contributed by atoms with E-state index in [-0.39, 0.29) is 37.8 Å². The van der Waals surface area contributed by atoms with Gasteiger partial charge in [-0.25, -0.2) is 4.79 Å². The third-order valence-corrected chi connectivity index (χ3v) is 5.89. The van der Waals surface area contributed by atoms with Crippen molar-refractivity contribution >= 4 is 35.5 Å². The van der Waals surface area contributed by atoms with Gasteiger partial charge < -0.3 is 37.4 Å². The fourth-order valence-corrected chi connectivity index (χ4v) is 3.71. The van der Waals surface area contributed by atoms with Crippen LogP contribution in [0.5, 0.6) is 0 Å². The fraction of sp³-hybridized carbons (Fsp3) is 0.556. The number of benzene rings is 1. The normalized spacial score (nSPS) is 13.9. The average Bonchev–Trinajstić information content (AvgIpc) is 2.89. The third-order valence-electron chi connectivity index (χ3n) is 5.89. The zero-order chi connectivity index (χ0) is 30.4. The first-order valence-corrected chi connectivity index (χ1v) is 13.2. The molecule has 1 aromatic rings. The monoisotopic (exact) mass is 562 g/mol. The molecule has 0 heterocycles. The van der Waals surface area contributed by atoms with Crippen LogP contribution in [0.3, 0.4) is 0 Å². The lowest BCUT2D eigenvalue weighted by atomic mass is 9.99. The number of amides is 5. The summed E-state index contributed by atoms with van der Waals surface area (Å²) in [4.78, 5) is 74.3. The number of carbonyl (C=O) groups excluding carboxylic acids is 5. The number of hydrogen-bond acceptors (Lipinski definition) is 7. The Kier molecular flexibility index (Phi) is 14.3. The minimum absolute atomic E-state index is 0.0180. The Bertz CT molecular complexity index is 1030. The summed E-state index contributed by atoms with van der Waals surface area (Å²) < 4.78 is 0. The van der Waals surface area contributed by atoms with Crippen molar-refractivity contribution in [3.05, 3.63) is 35.9 Å². The van der Waals surface area contributed by atoms with Gasteiger partial charge in [-0.3, -0.25) is 24.0 Å². The van der Waals surface area contributed by atoms with Gasteiger partial charge in [0.1, 0.15) is 24.2 Å². The Morgan fingerprint density at radius 3 is 1.88 bits per heavy atom. The van der Waals surface area contributed by atoms with E-state index in [0.29, 0.717) is 0 Å². The summed E-state index contributed by atoms with van der Waals surface area (Å²) in [5.74, 6) is -4.71. The van der Waals surface area contributed by atoms with E-state index in [2.05, 4.69) is 26.6 Å². The van der Waals surface area contributed by atoms with Crippen LogP contribution in [0.15, 0.2) is 30.3 Å². The van der Waals surface area contributed by atoms with Gasteiger partial charge in [0.2, 0.25) is 29.5 Å². The molecule has 0 aliphatic heterocycles. The predicted molar refractivity (Wildman–Crippen MR) is 148 cm³/mol. The summed E-state index contributed by atoms with van der Waals surface area (Å²) in [5, 5.41) is 22.0. The SMILES string of the molecule is CC(C)C[C@H](NC(=O)[C@H](Cc1ccccc1)NC(=O)[C@H](C)NC(=O)CNC(=O)CN)C(=O)N[C@H](C(=O)O)C(C)C. The highest BCUT2D eigenvalue weighted by atomic mass is 16.4. The summed E-state index contributed by atoms with van der Waals surface area (Å²) in [6.45, 7) is 7.78. The average molecular weight is 563 g/mol. The van der Waals surface area contributed by atoms with E-state index in [0.717, 1.165) is 5.56 Å². The Hall–Kier alpha value is -4.00. The lowest BCUT2D eigenvalue weighted by Crippen LogP contribution is -2.58. The topological polar surface area (TPSA) is 209 Å². The molecule has 4 atom stereocenters. The van der Waals surface area contributed by atoms with Crippen LogP contribution in [0.4, 0.5) is 0 Å². The van der Waals surface area contributed by atoms with Crippen molar-refractivity contribution in [2.45, 2.75) is 71.6 Å². The third kappa shape index (κ3) is 12.2. The number of aliphatic carboxylic acids is 1. The van der Waals surface area contributed by atoms with Gasteiger partial charge >= 0.3 is 5.97 Å². The standard InChI is InChI=1S/C27H42N6O7/c1-15(2)11-19(26(38)33-23(16(3)4)27(39)40)32-25(37)20(12-18-9-7-6-8-10-18)31-24(36)17(5)30-22(35)14-29-21(34)13-28/h6-10,15-17,19-20,23H,11-14,28H2,1-5H3,(H,29,34)(H,30,35)(H,31,36)(H,32,37)(H,33,38)(H,39,40)/t17-,19-,20-,23-/m0/s1. The molecule has 13 nitrogen and oxygen atoms in total. The number of nitrogens with two attached hydrogens (primary N) is 1. The molecule has 0 unspecified atom stereocenters. The molecule has 5 amide bonds. The molecule has 40 heavy (non-hydrogen) atoms. The highest BCUT2D eigenvalue weighted by Gasteiger charge is 2.32. The van der Waals surface area contributed by atoms with Gasteiger partial charge in [0.15, 0.2) is 0 Å². The second kappa shape index (κ2) is 16.9. The first-order valence-electron chi connectivity index (χ1n) is 13.2. The van der Waals surface area contributed by atoms with Crippen LogP contribution in [0, 0.1) is 11.8 Å². The van der Waals surface area contributed by atoms with Crippen LogP contribution >= 0.6 is 0 Å².